The molecule has 0 atom stereocenters. The van der Waals surface area contributed by atoms with Crippen LogP contribution in [0.3, 0.4) is 0 Å². The van der Waals surface area contributed by atoms with Crippen LogP contribution in [0.4, 0.5) is 5.13 Å². The molecule has 206 valence electrons. The number of rotatable bonds is 11. The van der Waals surface area contributed by atoms with Gasteiger partial charge in [0.05, 0.1) is 41.7 Å². The highest BCUT2D eigenvalue weighted by Gasteiger charge is 2.22. The molecule has 0 N–H and O–H groups in total. The number of fused-ring (bicyclic) bond motifs is 1. The fraction of sp³-hybridized carbons (Fsp3) is 0.407. The first-order chi connectivity index (χ1) is 18.1. The maximum atomic E-state index is 13.5. The van der Waals surface area contributed by atoms with Gasteiger partial charge in [-0.15, -0.1) is 12.4 Å². The van der Waals surface area contributed by atoms with E-state index in [2.05, 4.69) is 4.90 Å². The number of anilines is 1. The highest BCUT2D eigenvalue weighted by atomic mass is 35.5. The van der Waals surface area contributed by atoms with Crippen molar-refractivity contribution in [3.8, 4) is 23.0 Å². The van der Waals surface area contributed by atoms with Gasteiger partial charge in [-0.2, -0.15) is 0 Å². The van der Waals surface area contributed by atoms with Crippen LogP contribution >= 0.6 is 23.7 Å². The molecule has 0 aliphatic carbocycles. The minimum atomic E-state index is -0.159. The molecular weight excluding hydrogens is 530 g/mol. The minimum absolute atomic E-state index is 0. The average molecular weight is 564 g/mol. The standard InChI is InChI=1S/C27H33N3O6S.ClH/c1-32-20-8-6-19(18-23(20)35-4)7-11-24(31)30(13-5-12-29-14-16-36-17-15-29)27-28-25-21(33-2)9-10-22(34-3)26(25)37-27;/h6-11,18H,5,12-17H2,1-4H3;1H/b11-7+;. The predicted molar refractivity (Wildman–Crippen MR) is 153 cm³/mol. The lowest BCUT2D eigenvalue weighted by atomic mass is 10.2. The van der Waals surface area contributed by atoms with Gasteiger partial charge in [-0.05, 0) is 42.3 Å². The van der Waals surface area contributed by atoms with Crippen LogP contribution < -0.4 is 23.8 Å². The molecular formula is C27H34ClN3O6S. The van der Waals surface area contributed by atoms with Crippen LogP contribution in [0.25, 0.3) is 16.3 Å². The number of halogens is 1. The smallest absolute Gasteiger partial charge is 0.252 e. The van der Waals surface area contributed by atoms with Crippen molar-refractivity contribution >= 4 is 51.1 Å². The van der Waals surface area contributed by atoms with Crippen LogP contribution in [0, 0.1) is 0 Å². The number of carbonyl (C=O) groups is 1. The number of thiazole rings is 1. The Morgan fingerprint density at radius 3 is 2.34 bits per heavy atom. The summed E-state index contributed by atoms with van der Waals surface area (Å²) >= 11 is 1.42. The largest absolute Gasteiger partial charge is 0.495 e. The highest BCUT2D eigenvalue weighted by Crippen LogP contribution is 2.40. The van der Waals surface area contributed by atoms with E-state index in [1.54, 1.807) is 45.5 Å². The lowest BCUT2D eigenvalue weighted by Crippen LogP contribution is -2.39. The molecule has 1 fully saturated rings. The van der Waals surface area contributed by atoms with Gasteiger partial charge < -0.3 is 23.7 Å². The Hall–Kier alpha value is -3.05. The number of nitrogens with zero attached hydrogens (tertiary/aromatic N) is 3. The molecule has 2 aromatic carbocycles. The first-order valence-corrected chi connectivity index (χ1v) is 12.9. The predicted octanol–water partition coefficient (Wildman–Crippen LogP) is 4.52. The summed E-state index contributed by atoms with van der Waals surface area (Å²) in [6.07, 6.45) is 4.14. The van der Waals surface area contributed by atoms with E-state index in [0.717, 1.165) is 49.5 Å². The van der Waals surface area contributed by atoms with E-state index in [-0.39, 0.29) is 18.3 Å². The number of amides is 1. The zero-order chi connectivity index (χ0) is 26.2. The van der Waals surface area contributed by atoms with Gasteiger partial charge in [0, 0.05) is 32.3 Å². The SMILES string of the molecule is COc1ccc(/C=C/C(=O)N(CCCN2CCOCC2)c2nc3c(OC)ccc(OC)c3s2)cc1OC.Cl. The van der Waals surface area contributed by atoms with E-state index < -0.39 is 0 Å². The Bertz CT molecular complexity index is 1200. The molecule has 0 unspecified atom stereocenters. The number of benzene rings is 2. The molecule has 0 bridgehead atoms. The Balaban J connectivity index is 0.00000400. The van der Waals surface area contributed by atoms with Crippen molar-refractivity contribution in [3.05, 3.63) is 42.0 Å². The summed E-state index contributed by atoms with van der Waals surface area (Å²) in [5.74, 6) is 2.41. The molecule has 1 saturated heterocycles. The van der Waals surface area contributed by atoms with E-state index in [9.17, 15) is 4.79 Å². The summed E-state index contributed by atoms with van der Waals surface area (Å²) in [5.41, 5.74) is 1.50. The Morgan fingerprint density at radius 2 is 1.66 bits per heavy atom. The van der Waals surface area contributed by atoms with Crippen molar-refractivity contribution in [2.75, 3.05) is 72.7 Å². The molecule has 0 saturated carbocycles. The second-order valence-corrected chi connectivity index (χ2v) is 9.37. The fourth-order valence-electron chi connectivity index (χ4n) is 4.18. The van der Waals surface area contributed by atoms with Gasteiger partial charge in [-0.25, -0.2) is 4.98 Å². The third-order valence-corrected chi connectivity index (χ3v) is 7.27. The molecule has 1 amide bonds. The van der Waals surface area contributed by atoms with E-state index >= 15 is 0 Å². The molecule has 9 nitrogen and oxygen atoms in total. The monoisotopic (exact) mass is 563 g/mol. The van der Waals surface area contributed by atoms with Crippen molar-refractivity contribution in [1.29, 1.82) is 0 Å². The highest BCUT2D eigenvalue weighted by molar-refractivity contribution is 7.22. The molecule has 1 aromatic heterocycles. The molecule has 4 rings (SSSR count). The van der Waals surface area contributed by atoms with Gasteiger partial charge in [0.25, 0.3) is 5.91 Å². The summed E-state index contributed by atoms with van der Waals surface area (Å²) in [7, 11) is 6.41. The van der Waals surface area contributed by atoms with Crippen LogP contribution in [0.2, 0.25) is 0 Å². The van der Waals surface area contributed by atoms with Crippen LogP contribution in [-0.2, 0) is 9.53 Å². The number of hydrogen-bond donors (Lipinski definition) is 0. The van der Waals surface area contributed by atoms with Crippen molar-refractivity contribution < 1.29 is 28.5 Å². The molecule has 0 spiro atoms. The van der Waals surface area contributed by atoms with E-state index in [1.165, 1.54) is 11.3 Å². The maximum absolute atomic E-state index is 13.5. The normalized spacial score (nSPS) is 13.8. The number of methoxy groups -OCH3 is 4. The van der Waals surface area contributed by atoms with Crippen LogP contribution in [0.15, 0.2) is 36.4 Å². The molecule has 3 aromatic rings. The maximum Gasteiger partial charge on any atom is 0.252 e. The summed E-state index contributed by atoms with van der Waals surface area (Å²) in [6, 6.07) is 9.20. The van der Waals surface area contributed by atoms with Crippen LogP contribution in [0.5, 0.6) is 23.0 Å². The summed E-state index contributed by atoms with van der Waals surface area (Å²) in [6.45, 7) is 4.70. The quantitative estimate of drug-likeness (QED) is 0.315. The number of aromatic nitrogens is 1. The topological polar surface area (TPSA) is 82.6 Å². The summed E-state index contributed by atoms with van der Waals surface area (Å²) in [4.78, 5) is 22.4. The van der Waals surface area contributed by atoms with Gasteiger partial charge >= 0.3 is 0 Å². The van der Waals surface area contributed by atoms with Crippen molar-refractivity contribution in [3.63, 3.8) is 0 Å². The zero-order valence-electron chi connectivity index (χ0n) is 22.1. The lowest BCUT2D eigenvalue weighted by Gasteiger charge is -2.27. The first kappa shape index (κ1) is 29.5. The second kappa shape index (κ2) is 14.2. The first-order valence-electron chi connectivity index (χ1n) is 12.1. The van der Waals surface area contributed by atoms with E-state index in [4.69, 9.17) is 28.7 Å². The molecule has 1 aliphatic heterocycles. The number of carbonyl (C=O) groups excluding carboxylic acids is 1. The van der Waals surface area contributed by atoms with Crippen LogP contribution in [-0.4, -0.2) is 83.6 Å². The van der Waals surface area contributed by atoms with Gasteiger partial charge in [-0.3, -0.25) is 14.6 Å². The van der Waals surface area contributed by atoms with Crippen molar-refractivity contribution in [1.82, 2.24) is 9.88 Å². The molecule has 2 heterocycles. The van der Waals surface area contributed by atoms with Gasteiger partial charge in [0.1, 0.15) is 21.7 Å². The Labute approximate surface area is 233 Å². The van der Waals surface area contributed by atoms with Gasteiger partial charge in [0.2, 0.25) is 0 Å². The van der Waals surface area contributed by atoms with Crippen LogP contribution in [0.1, 0.15) is 12.0 Å². The lowest BCUT2D eigenvalue weighted by molar-refractivity contribution is -0.114. The van der Waals surface area contributed by atoms with E-state index in [0.29, 0.717) is 40.2 Å². The zero-order valence-corrected chi connectivity index (χ0v) is 23.7. The second-order valence-electron chi connectivity index (χ2n) is 8.39. The third kappa shape index (κ3) is 6.87. The van der Waals surface area contributed by atoms with Gasteiger partial charge in [-0.1, -0.05) is 17.4 Å². The minimum Gasteiger partial charge on any atom is -0.495 e. The van der Waals surface area contributed by atoms with Gasteiger partial charge in [0.15, 0.2) is 16.6 Å². The molecule has 38 heavy (non-hydrogen) atoms. The summed E-state index contributed by atoms with van der Waals surface area (Å²) in [5, 5.41) is 0.599. The Kier molecular flexibility index (Phi) is 11.0. The number of ether oxygens (including phenoxy) is 5. The fourth-order valence-corrected chi connectivity index (χ4v) is 5.29. The van der Waals surface area contributed by atoms with Crippen molar-refractivity contribution in [2.45, 2.75) is 6.42 Å². The number of morpholine rings is 1. The molecule has 11 heteroatoms. The average Bonchev–Trinajstić information content (AvgIpc) is 3.39. The summed E-state index contributed by atoms with van der Waals surface area (Å²) < 4.78 is 28.1. The Morgan fingerprint density at radius 1 is 1.00 bits per heavy atom. The number of hydrogen-bond acceptors (Lipinski definition) is 9. The molecule has 0 radical (unpaired) electrons. The third-order valence-electron chi connectivity index (χ3n) is 6.18. The van der Waals surface area contributed by atoms with E-state index in [1.807, 2.05) is 30.3 Å². The molecule has 1 aliphatic rings. The van der Waals surface area contributed by atoms with Crippen molar-refractivity contribution in [2.24, 2.45) is 0 Å².